The molecule has 1 atom stereocenters. The van der Waals surface area contributed by atoms with Gasteiger partial charge in [0.2, 0.25) is 0 Å². The van der Waals surface area contributed by atoms with Crippen molar-refractivity contribution in [1.82, 2.24) is 19.7 Å². The molecule has 0 amide bonds. The Morgan fingerprint density at radius 1 is 1.05 bits per heavy atom. The van der Waals surface area contributed by atoms with E-state index in [4.69, 9.17) is 10.2 Å². The van der Waals surface area contributed by atoms with Crippen LogP contribution in [0.3, 0.4) is 0 Å². The van der Waals surface area contributed by atoms with Crippen LogP contribution < -0.4 is 11.1 Å². The predicted octanol–water partition coefficient (Wildman–Crippen LogP) is 6.53. The number of thioether (sulfide) groups is 1. The molecule has 0 fully saturated rings. The normalized spacial score (nSPS) is 12.3. The largest absolute Gasteiger partial charge is 0.459 e. The van der Waals surface area contributed by atoms with Gasteiger partial charge < -0.3 is 15.5 Å². The third-order valence-corrected chi connectivity index (χ3v) is 7.08. The van der Waals surface area contributed by atoms with Crippen molar-refractivity contribution in [2.75, 3.05) is 17.3 Å². The van der Waals surface area contributed by atoms with Gasteiger partial charge in [-0.15, -0.1) is 0 Å². The van der Waals surface area contributed by atoms with E-state index in [1.807, 2.05) is 71.7 Å². The van der Waals surface area contributed by atoms with Gasteiger partial charge in [-0.05, 0) is 72.5 Å². The van der Waals surface area contributed by atoms with Gasteiger partial charge in [-0.2, -0.15) is 16.9 Å². The summed E-state index contributed by atoms with van der Waals surface area (Å²) in [5.41, 5.74) is 10.7. The Bertz CT molecular complexity index is 1750. The van der Waals surface area contributed by atoms with Crippen molar-refractivity contribution in [3.05, 3.63) is 102 Å². The van der Waals surface area contributed by atoms with Crippen molar-refractivity contribution in [2.24, 2.45) is 5.73 Å². The fourth-order valence-corrected chi connectivity index (χ4v) is 5.04. The number of nitrogens with zero attached hydrogens (tertiary/aromatic N) is 4. The minimum absolute atomic E-state index is 0.145. The number of nitrogens with two attached hydrogens (primary N) is 1. The van der Waals surface area contributed by atoms with E-state index in [2.05, 4.69) is 20.4 Å². The molecule has 9 heteroatoms. The second-order valence-corrected chi connectivity index (χ2v) is 9.96. The maximum atomic E-state index is 13.6. The first-order chi connectivity index (χ1) is 18.6. The second-order valence-electron chi connectivity index (χ2n) is 9.05. The number of furan rings is 1. The summed E-state index contributed by atoms with van der Waals surface area (Å²) in [5, 5.41) is 9.78. The smallest absolute Gasteiger partial charge is 0.141 e. The van der Waals surface area contributed by atoms with Crippen molar-refractivity contribution in [3.8, 4) is 11.3 Å². The van der Waals surface area contributed by atoms with Crippen LogP contribution in [-0.2, 0) is 6.54 Å². The van der Waals surface area contributed by atoms with Crippen LogP contribution in [-0.4, -0.2) is 31.8 Å². The molecule has 0 spiro atoms. The minimum Gasteiger partial charge on any atom is -0.459 e. The van der Waals surface area contributed by atoms with E-state index in [-0.39, 0.29) is 11.9 Å². The SMILES string of the molecule is CSCC(N)c1ccc(-c2ccc3ncnc(Nc4ccc5c(cnn5Cc5cccc(F)c5)c4)c3c2)o1. The molecular formula is C29H25FN6OS. The summed E-state index contributed by atoms with van der Waals surface area (Å²) >= 11 is 1.69. The topological polar surface area (TPSA) is 94.8 Å². The molecule has 0 aliphatic carbocycles. The van der Waals surface area contributed by atoms with Crippen molar-refractivity contribution in [1.29, 1.82) is 0 Å². The van der Waals surface area contributed by atoms with Crippen molar-refractivity contribution in [2.45, 2.75) is 12.6 Å². The zero-order valence-electron chi connectivity index (χ0n) is 20.6. The first-order valence-corrected chi connectivity index (χ1v) is 13.5. The Morgan fingerprint density at radius 2 is 1.97 bits per heavy atom. The molecule has 0 saturated carbocycles. The van der Waals surface area contributed by atoms with Crippen LogP contribution in [0.5, 0.6) is 0 Å². The lowest BCUT2D eigenvalue weighted by Crippen LogP contribution is -2.11. The zero-order valence-corrected chi connectivity index (χ0v) is 21.5. The highest BCUT2D eigenvalue weighted by Crippen LogP contribution is 2.31. The highest BCUT2D eigenvalue weighted by Gasteiger charge is 2.14. The monoisotopic (exact) mass is 524 g/mol. The van der Waals surface area contributed by atoms with Gasteiger partial charge >= 0.3 is 0 Å². The number of rotatable bonds is 8. The fraction of sp³-hybridized carbons (Fsp3) is 0.138. The summed E-state index contributed by atoms with van der Waals surface area (Å²) in [7, 11) is 0. The highest BCUT2D eigenvalue weighted by molar-refractivity contribution is 7.98. The lowest BCUT2D eigenvalue weighted by atomic mass is 10.1. The molecule has 7 nitrogen and oxygen atoms in total. The second kappa shape index (κ2) is 10.3. The van der Waals surface area contributed by atoms with Gasteiger partial charge in [0.15, 0.2) is 0 Å². The maximum Gasteiger partial charge on any atom is 0.141 e. The van der Waals surface area contributed by atoms with E-state index in [0.717, 1.165) is 55.9 Å². The summed E-state index contributed by atoms with van der Waals surface area (Å²) < 4.78 is 21.5. The van der Waals surface area contributed by atoms with E-state index in [1.165, 1.54) is 12.1 Å². The highest BCUT2D eigenvalue weighted by atomic mass is 32.2. The third-order valence-electron chi connectivity index (χ3n) is 6.38. The van der Waals surface area contributed by atoms with Crippen LogP contribution >= 0.6 is 11.8 Å². The lowest BCUT2D eigenvalue weighted by molar-refractivity contribution is 0.494. The predicted molar refractivity (Wildman–Crippen MR) is 151 cm³/mol. The number of fused-ring (bicyclic) bond motifs is 2. The van der Waals surface area contributed by atoms with Crippen LogP contribution in [0.1, 0.15) is 17.4 Å². The molecule has 3 aromatic carbocycles. The standard InChI is InChI=1S/C29H25FN6OS/c1-38-16-24(31)28-10-9-27(37-28)19-5-7-25-23(13-19)29(33-17-32-25)35-22-6-8-26-20(12-22)14-34-36(26)15-18-3-2-4-21(30)11-18/h2-14,17,24H,15-16,31H2,1H3,(H,32,33,35). The van der Waals surface area contributed by atoms with Crippen LogP contribution in [0.15, 0.2) is 89.7 Å². The molecular weight excluding hydrogens is 499 g/mol. The molecule has 0 bridgehead atoms. The molecule has 6 rings (SSSR count). The van der Waals surface area contributed by atoms with Gasteiger partial charge in [0.25, 0.3) is 0 Å². The Morgan fingerprint density at radius 3 is 2.84 bits per heavy atom. The van der Waals surface area contributed by atoms with E-state index < -0.39 is 0 Å². The number of aromatic nitrogens is 4. The summed E-state index contributed by atoms with van der Waals surface area (Å²) in [6, 6.07) is 22.3. The average molecular weight is 525 g/mol. The molecule has 3 N–H and O–H groups in total. The molecule has 3 aromatic heterocycles. The Balaban J connectivity index is 1.28. The number of halogens is 1. The number of hydrogen-bond acceptors (Lipinski definition) is 7. The Hall–Kier alpha value is -4.21. The summed E-state index contributed by atoms with van der Waals surface area (Å²) in [6.45, 7) is 0.490. The van der Waals surface area contributed by atoms with Gasteiger partial charge in [0.05, 0.1) is 29.8 Å². The molecule has 38 heavy (non-hydrogen) atoms. The van der Waals surface area contributed by atoms with Crippen LogP contribution in [0.4, 0.5) is 15.9 Å². The van der Waals surface area contributed by atoms with Gasteiger partial charge in [-0.1, -0.05) is 12.1 Å². The van der Waals surface area contributed by atoms with Crippen molar-refractivity contribution >= 4 is 45.1 Å². The van der Waals surface area contributed by atoms with Crippen LogP contribution in [0, 0.1) is 5.82 Å². The Kier molecular flexibility index (Phi) is 6.53. The summed E-state index contributed by atoms with van der Waals surface area (Å²) in [4.78, 5) is 8.94. The summed E-state index contributed by atoms with van der Waals surface area (Å²) in [6.07, 6.45) is 5.39. The van der Waals surface area contributed by atoms with Crippen LogP contribution in [0.25, 0.3) is 33.1 Å². The van der Waals surface area contributed by atoms with E-state index in [1.54, 1.807) is 24.2 Å². The number of nitrogens with one attached hydrogen (secondary N) is 1. The molecule has 0 saturated heterocycles. The first kappa shape index (κ1) is 24.1. The number of hydrogen-bond donors (Lipinski definition) is 2. The zero-order chi connectivity index (χ0) is 26.1. The van der Waals surface area contributed by atoms with E-state index in [0.29, 0.717) is 12.4 Å². The van der Waals surface area contributed by atoms with Crippen molar-refractivity contribution < 1.29 is 8.81 Å². The van der Waals surface area contributed by atoms with Gasteiger partial charge in [-0.3, -0.25) is 4.68 Å². The van der Waals surface area contributed by atoms with E-state index >= 15 is 0 Å². The van der Waals surface area contributed by atoms with Gasteiger partial charge in [-0.25, -0.2) is 14.4 Å². The molecule has 0 aliphatic rings. The average Bonchev–Trinajstić information content (AvgIpc) is 3.57. The Labute approximate surface area is 222 Å². The molecule has 1 unspecified atom stereocenters. The quantitative estimate of drug-likeness (QED) is 0.234. The lowest BCUT2D eigenvalue weighted by Gasteiger charge is -2.10. The summed E-state index contributed by atoms with van der Waals surface area (Å²) in [5.74, 6) is 2.75. The number of anilines is 2. The van der Waals surface area contributed by atoms with Crippen LogP contribution in [0.2, 0.25) is 0 Å². The van der Waals surface area contributed by atoms with Crippen molar-refractivity contribution in [3.63, 3.8) is 0 Å². The molecule has 190 valence electrons. The van der Waals surface area contributed by atoms with Gasteiger partial charge in [0, 0.05) is 27.8 Å². The fourth-order valence-electron chi connectivity index (χ4n) is 4.51. The number of benzene rings is 3. The maximum absolute atomic E-state index is 13.6. The molecule has 3 heterocycles. The third kappa shape index (κ3) is 4.85. The minimum atomic E-state index is -0.252. The molecule has 0 aliphatic heterocycles. The van der Waals surface area contributed by atoms with Gasteiger partial charge in [0.1, 0.15) is 29.5 Å². The first-order valence-electron chi connectivity index (χ1n) is 12.1. The van der Waals surface area contributed by atoms with E-state index in [9.17, 15) is 4.39 Å². The molecule has 6 aromatic rings. The molecule has 0 radical (unpaired) electrons.